The minimum Gasteiger partial charge on any atom is -0.497 e. The second-order valence-corrected chi connectivity index (χ2v) is 8.13. The Morgan fingerprint density at radius 3 is 2.65 bits per heavy atom. The summed E-state index contributed by atoms with van der Waals surface area (Å²) in [5, 5.41) is 11.9. The number of hydrogen-bond acceptors (Lipinski definition) is 7. The highest BCUT2D eigenvalue weighted by Gasteiger charge is 2.30. The number of nitrogens with zero attached hydrogens (tertiary/aromatic N) is 2. The topological polar surface area (TPSA) is 109 Å². The molecule has 1 saturated heterocycles. The number of nitrogens with one attached hydrogen (secondary N) is 1. The number of benzene rings is 1. The van der Waals surface area contributed by atoms with E-state index in [1.807, 2.05) is 6.07 Å². The molecule has 0 aromatic heterocycles. The van der Waals surface area contributed by atoms with Gasteiger partial charge in [0.25, 0.3) is 5.91 Å². The minimum absolute atomic E-state index is 0.0179. The van der Waals surface area contributed by atoms with Crippen LogP contribution in [0.5, 0.6) is 11.5 Å². The Morgan fingerprint density at radius 2 is 2.12 bits per heavy atom. The molecular weight excluding hydrogens is 358 g/mol. The first-order valence-electron chi connectivity index (χ1n) is 7.87. The molecular formula is C17H21N3O5S. The summed E-state index contributed by atoms with van der Waals surface area (Å²) in [6.45, 7) is 0. The number of nitriles is 1. The van der Waals surface area contributed by atoms with Gasteiger partial charge in [0.1, 0.15) is 23.1 Å². The zero-order valence-corrected chi connectivity index (χ0v) is 15.7. The first kappa shape index (κ1) is 19.6. The highest BCUT2D eigenvalue weighted by atomic mass is 32.2. The van der Waals surface area contributed by atoms with Crippen LogP contribution in [0.25, 0.3) is 0 Å². The van der Waals surface area contributed by atoms with Gasteiger partial charge in [-0.3, -0.25) is 4.79 Å². The van der Waals surface area contributed by atoms with Crippen molar-refractivity contribution >= 4 is 21.4 Å². The van der Waals surface area contributed by atoms with E-state index in [4.69, 9.17) is 9.47 Å². The number of carbonyl (C=O) groups is 1. The van der Waals surface area contributed by atoms with Crippen LogP contribution in [0.2, 0.25) is 0 Å². The van der Waals surface area contributed by atoms with Gasteiger partial charge < -0.3 is 19.7 Å². The van der Waals surface area contributed by atoms with Crippen molar-refractivity contribution in [1.29, 1.82) is 5.26 Å². The molecule has 0 spiro atoms. The quantitative estimate of drug-likeness (QED) is 0.584. The van der Waals surface area contributed by atoms with Gasteiger partial charge in [-0.15, -0.1) is 0 Å². The van der Waals surface area contributed by atoms with Crippen LogP contribution in [0.4, 0.5) is 5.69 Å². The molecule has 1 aromatic rings. The molecule has 8 nitrogen and oxygen atoms in total. The van der Waals surface area contributed by atoms with Crippen LogP contribution < -0.4 is 14.8 Å². The van der Waals surface area contributed by atoms with Crippen LogP contribution in [-0.2, 0) is 14.6 Å². The summed E-state index contributed by atoms with van der Waals surface area (Å²) in [7, 11) is 1.57. The van der Waals surface area contributed by atoms with Crippen LogP contribution in [0.15, 0.2) is 30.0 Å². The lowest BCUT2D eigenvalue weighted by Gasteiger charge is -2.21. The van der Waals surface area contributed by atoms with E-state index in [-0.39, 0.29) is 23.1 Å². The van der Waals surface area contributed by atoms with E-state index in [0.29, 0.717) is 23.6 Å². The fourth-order valence-electron chi connectivity index (χ4n) is 2.65. The van der Waals surface area contributed by atoms with Gasteiger partial charge in [-0.25, -0.2) is 8.42 Å². The molecule has 1 aromatic carbocycles. The molecule has 1 N–H and O–H groups in total. The number of carbonyl (C=O) groups excluding carboxylic acids is 1. The second-order valence-electron chi connectivity index (χ2n) is 5.90. The normalized spacial score (nSPS) is 18.7. The zero-order chi connectivity index (χ0) is 19.3. The molecule has 1 aliphatic rings. The number of anilines is 1. The predicted molar refractivity (Wildman–Crippen MR) is 96.7 cm³/mol. The zero-order valence-electron chi connectivity index (χ0n) is 14.9. The van der Waals surface area contributed by atoms with Crippen LogP contribution in [-0.4, -0.2) is 58.0 Å². The molecule has 1 heterocycles. The van der Waals surface area contributed by atoms with Gasteiger partial charge in [-0.1, -0.05) is 0 Å². The third kappa shape index (κ3) is 4.67. The Bertz CT molecular complexity index is 858. The van der Waals surface area contributed by atoms with Crippen molar-refractivity contribution < 1.29 is 22.7 Å². The SMILES string of the molecule is COc1ccc(OC)c(NC(=O)/C(C#N)=C\N(C)C2CCS(=O)(=O)C2)c1. The number of methoxy groups -OCH3 is 2. The van der Waals surface area contributed by atoms with Gasteiger partial charge in [0.05, 0.1) is 31.4 Å². The van der Waals surface area contributed by atoms with Gasteiger partial charge in [0.2, 0.25) is 0 Å². The van der Waals surface area contributed by atoms with E-state index in [2.05, 4.69) is 5.32 Å². The summed E-state index contributed by atoms with van der Waals surface area (Å²) in [4.78, 5) is 14.0. The monoisotopic (exact) mass is 379 g/mol. The highest BCUT2D eigenvalue weighted by molar-refractivity contribution is 7.91. The van der Waals surface area contributed by atoms with Gasteiger partial charge in [-0.2, -0.15) is 5.26 Å². The molecule has 2 rings (SSSR count). The number of rotatable bonds is 6. The van der Waals surface area contributed by atoms with Crippen LogP contribution in [0.3, 0.4) is 0 Å². The molecule has 1 atom stereocenters. The van der Waals surface area contributed by atoms with E-state index >= 15 is 0 Å². The Balaban J connectivity index is 2.18. The number of hydrogen-bond donors (Lipinski definition) is 1. The molecule has 26 heavy (non-hydrogen) atoms. The molecule has 0 saturated carbocycles. The maximum atomic E-state index is 12.4. The van der Waals surface area contributed by atoms with Crippen molar-refractivity contribution in [2.45, 2.75) is 12.5 Å². The molecule has 140 valence electrons. The predicted octanol–water partition coefficient (Wildman–Crippen LogP) is 1.17. The third-order valence-corrected chi connectivity index (χ3v) is 5.89. The Labute approximate surface area is 152 Å². The van der Waals surface area contributed by atoms with Crippen LogP contribution >= 0.6 is 0 Å². The van der Waals surface area contributed by atoms with Crippen molar-refractivity contribution in [2.24, 2.45) is 0 Å². The number of amides is 1. The first-order valence-corrected chi connectivity index (χ1v) is 9.69. The van der Waals surface area contributed by atoms with Crippen molar-refractivity contribution in [3.63, 3.8) is 0 Å². The lowest BCUT2D eigenvalue weighted by atomic mass is 10.2. The summed E-state index contributed by atoms with van der Waals surface area (Å²) in [5.41, 5.74) is 0.228. The minimum atomic E-state index is -3.05. The summed E-state index contributed by atoms with van der Waals surface area (Å²) in [6, 6.07) is 6.51. The summed E-state index contributed by atoms with van der Waals surface area (Å²) in [6.07, 6.45) is 1.84. The molecule has 1 amide bonds. The van der Waals surface area contributed by atoms with Crippen molar-refractivity contribution in [3.8, 4) is 17.6 Å². The molecule has 1 aliphatic heterocycles. The molecule has 0 aliphatic carbocycles. The third-order valence-electron chi connectivity index (χ3n) is 4.14. The Morgan fingerprint density at radius 1 is 1.38 bits per heavy atom. The second kappa shape index (κ2) is 8.10. The van der Waals surface area contributed by atoms with E-state index in [9.17, 15) is 18.5 Å². The van der Waals surface area contributed by atoms with Gasteiger partial charge in [0, 0.05) is 25.4 Å². The van der Waals surface area contributed by atoms with Crippen LogP contribution in [0.1, 0.15) is 6.42 Å². The number of sulfone groups is 1. The smallest absolute Gasteiger partial charge is 0.267 e. The highest BCUT2D eigenvalue weighted by Crippen LogP contribution is 2.29. The van der Waals surface area contributed by atoms with E-state index < -0.39 is 15.7 Å². The van der Waals surface area contributed by atoms with Crippen molar-refractivity contribution in [3.05, 3.63) is 30.0 Å². The Hall–Kier alpha value is -2.73. The fraction of sp³-hybridized carbons (Fsp3) is 0.412. The summed E-state index contributed by atoms with van der Waals surface area (Å²) < 4.78 is 33.5. The van der Waals surface area contributed by atoms with Gasteiger partial charge >= 0.3 is 0 Å². The standard InChI is InChI=1S/C17H21N3O5S/c1-20(13-6-7-26(22,23)11-13)10-12(9-18)17(21)19-15-8-14(24-2)4-5-16(15)25-3/h4-5,8,10,13H,6-7,11H2,1-3H3,(H,19,21)/b12-10-. The molecule has 9 heteroatoms. The first-order chi connectivity index (χ1) is 12.3. The Kier molecular flexibility index (Phi) is 6.10. The van der Waals surface area contributed by atoms with E-state index in [1.165, 1.54) is 20.4 Å². The van der Waals surface area contributed by atoms with Gasteiger partial charge in [-0.05, 0) is 18.6 Å². The fourth-order valence-corrected chi connectivity index (χ4v) is 4.43. The largest absolute Gasteiger partial charge is 0.497 e. The molecule has 0 bridgehead atoms. The maximum Gasteiger partial charge on any atom is 0.267 e. The van der Waals surface area contributed by atoms with Gasteiger partial charge in [0.15, 0.2) is 9.84 Å². The summed E-state index contributed by atoms with van der Waals surface area (Å²) in [5.74, 6) is 0.463. The van der Waals surface area contributed by atoms with E-state index in [0.717, 1.165) is 0 Å². The van der Waals surface area contributed by atoms with Crippen molar-refractivity contribution in [2.75, 3.05) is 38.1 Å². The average molecular weight is 379 g/mol. The molecule has 1 fully saturated rings. The lowest BCUT2D eigenvalue weighted by Crippen LogP contribution is -2.29. The number of ether oxygens (including phenoxy) is 2. The molecule has 1 unspecified atom stereocenters. The lowest BCUT2D eigenvalue weighted by molar-refractivity contribution is -0.112. The van der Waals surface area contributed by atoms with E-state index in [1.54, 1.807) is 30.1 Å². The summed E-state index contributed by atoms with van der Waals surface area (Å²) >= 11 is 0. The maximum absolute atomic E-state index is 12.4. The average Bonchev–Trinajstić information content (AvgIpc) is 2.99. The van der Waals surface area contributed by atoms with Crippen LogP contribution in [0, 0.1) is 11.3 Å². The molecule has 0 radical (unpaired) electrons. The van der Waals surface area contributed by atoms with Crippen molar-refractivity contribution in [1.82, 2.24) is 4.90 Å².